The summed E-state index contributed by atoms with van der Waals surface area (Å²) in [4.78, 5) is 16.9. The molecule has 0 spiro atoms. The highest BCUT2D eigenvalue weighted by Crippen LogP contribution is 2.19. The molecule has 0 unspecified atom stereocenters. The third-order valence-corrected chi connectivity index (χ3v) is 6.95. The van der Waals surface area contributed by atoms with Crippen LogP contribution in [0.4, 0.5) is 4.39 Å². The Labute approximate surface area is 171 Å². The third kappa shape index (κ3) is 4.80. The summed E-state index contributed by atoms with van der Waals surface area (Å²) in [5.74, 6) is -0.759. The first-order chi connectivity index (χ1) is 13.8. The quantitative estimate of drug-likeness (QED) is 0.535. The second-order valence-electron chi connectivity index (χ2n) is 6.15. The van der Waals surface area contributed by atoms with E-state index in [4.69, 9.17) is 4.74 Å². The molecule has 0 saturated carbocycles. The van der Waals surface area contributed by atoms with Crippen LogP contribution >= 0.6 is 11.3 Å². The molecule has 3 rings (SSSR count). The maximum absolute atomic E-state index is 13.5. The molecule has 0 radical (unpaired) electrons. The number of carbonyl (C=O) groups excluding carboxylic acids is 1. The summed E-state index contributed by atoms with van der Waals surface area (Å²) >= 11 is 1.16. The minimum Gasteiger partial charge on any atom is -0.497 e. The minimum atomic E-state index is -3.63. The van der Waals surface area contributed by atoms with Crippen molar-refractivity contribution in [2.45, 2.75) is 17.9 Å². The molecular formula is C20H19FN2O4S2. The maximum Gasteiger partial charge on any atom is 0.249 e. The molecule has 0 aliphatic rings. The smallest absolute Gasteiger partial charge is 0.249 e. The number of sulfone groups is 1. The van der Waals surface area contributed by atoms with Gasteiger partial charge in [0.2, 0.25) is 5.91 Å². The Bertz CT molecular complexity index is 1230. The van der Waals surface area contributed by atoms with Gasteiger partial charge in [0.25, 0.3) is 0 Å². The summed E-state index contributed by atoms with van der Waals surface area (Å²) in [7, 11) is -2.14. The summed E-state index contributed by atoms with van der Waals surface area (Å²) in [5.41, 5.74) is 0.730. The number of allylic oxidation sites excluding steroid dienone is 1. The fourth-order valence-electron chi connectivity index (χ4n) is 2.72. The normalized spacial score (nSPS) is 12.3. The van der Waals surface area contributed by atoms with Gasteiger partial charge in [-0.25, -0.2) is 12.8 Å². The Morgan fingerprint density at radius 2 is 2.00 bits per heavy atom. The van der Waals surface area contributed by atoms with Gasteiger partial charge in [0.1, 0.15) is 11.6 Å². The third-order valence-electron chi connectivity index (χ3n) is 4.18. The van der Waals surface area contributed by atoms with Crippen LogP contribution in [-0.2, 0) is 21.2 Å². The molecule has 0 aliphatic heterocycles. The number of benzene rings is 2. The summed E-state index contributed by atoms with van der Waals surface area (Å²) < 4.78 is 45.8. The van der Waals surface area contributed by atoms with Gasteiger partial charge in [-0.1, -0.05) is 17.4 Å². The van der Waals surface area contributed by atoms with Crippen molar-refractivity contribution in [1.29, 1.82) is 0 Å². The van der Waals surface area contributed by atoms with E-state index in [1.165, 1.54) is 31.4 Å². The first-order valence-corrected chi connectivity index (χ1v) is 11.1. The Morgan fingerprint density at radius 1 is 1.28 bits per heavy atom. The number of amides is 1. The van der Waals surface area contributed by atoms with E-state index < -0.39 is 15.7 Å². The van der Waals surface area contributed by atoms with Crippen molar-refractivity contribution >= 4 is 37.3 Å². The summed E-state index contributed by atoms with van der Waals surface area (Å²) in [5, 5.41) is 0. The van der Waals surface area contributed by atoms with Crippen molar-refractivity contribution < 1.29 is 22.3 Å². The number of hydrogen-bond acceptors (Lipinski definition) is 5. The van der Waals surface area contributed by atoms with Crippen molar-refractivity contribution in [3.05, 3.63) is 65.7 Å². The molecule has 0 atom stereocenters. The maximum atomic E-state index is 13.5. The molecule has 1 aromatic heterocycles. The van der Waals surface area contributed by atoms with Crippen LogP contribution in [0.15, 0.2) is 65.0 Å². The second kappa shape index (κ2) is 8.71. The zero-order valence-corrected chi connectivity index (χ0v) is 17.3. The van der Waals surface area contributed by atoms with E-state index >= 15 is 0 Å². The Kier molecular flexibility index (Phi) is 6.29. The molecule has 1 amide bonds. The van der Waals surface area contributed by atoms with E-state index in [0.717, 1.165) is 16.9 Å². The van der Waals surface area contributed by atoms with Crippen molar-refractivity contribution in [2.75, 3.05) is 12.9 Å². The fourth-order valence-corrected chi connectivity index (χ4v) is 5.03. The lowest BCUT2D eigenvalue weighted by Gasteiger charge is -2.04. The van der Waals surface area contributed by atoms with E-state index in [-0.39, 0.29) is 22.9 Å². The first kappa shape index (κ1) is 20.9. The van der Waals surface area contributed by atoms with E-state index in [2.05, 4.69) is 11.6 Å². The molecule has 0 saturated heterocycles. The molecular weight excluding hydrogens is 415 g/mol. The number of thiazole rings is 1. The molecule has 1 heterocycles. The van der Waals surface area contributed by atoms with Crippen LogP contribution in [0.1, 0.15) is 6.42 Å². The highest BCUT2D eigenvalue weighted by Gasteiger charge is 2.17. The number of nitrogens with zero attached hydrogens (tertiary/aromatic N) is 2. The minimum absolute atomic E-state index is 0.116. The molecule has 0 N–H and O–H groups in total. The molecule has 0 aliphatic carbocycles. The highest BCUT2D eigenvalue weighted by molar-refractivity contribution is 7.91. The zero-order valence-electron chi connectivity index (χ0n) is 15.7. The van der Waals surface area contributed by atoms with Crippen LogP contribution in [0.5, 0.6) is 5.75 Å². The van der Waals surface area contributed by atoms with Gasteiger partial charge in [-0.05, 0) is 42.5 Å². The predicted octanol–water partition coefficient (Wildman–Crippen LogP) is 3.33. The molecule has 152 valence electrons. The molecule has 29 heavy (non-hydrogen) atoms. The Morgan fingerprint density at radius 3 is 2.66 bits per heavy atom. The second-order valence-corrected chi connectivity index (χ2v) is 9.26. The van der Waals surface area contributed by atoms with Gasteiger partial charge in [-0.15, -0.1) is 6.58 Å². The monoisotopic (exact) mass is 434 g/mol. The van der Waals surface area contributed by atoms with Gasteiger partial charge >= 0.3 is 0 Å². The van der Waals surface area contributed by atoms with Gasteiger partial charge in [0, 0.05) is 13.0 Å². The largest absolute Gasteiger partial charge is 0.497 e. The molecule has 3 aromatic rings. The van der Waals surface area contributed by atoms with Crippen LogP contribution in [0.2, 0.25) is 0 Å². The first-order valence-electron chi connectivity index (χ1n) is 8.68. The average Bonchev–Trinajstić information content (AvgIpc) is 3.03. The molecule has 0 bridgehead atoms. The topological polar surface area (TPSA) is 77.7 Å². The van der Waals surface area contributed by atoms with Gasteiger partial charge in [-0.2, -0.15) is 4.99 Å². The summed E-state index contributed by atoms with van der Waals surface area (Å²) in [6.45, 7) is 4.08. The van der Waals surface area contributed by atoms with E-state index in [1.807, 2.05) is 0 Å². The number of ether oxygens (including phenoxy) is 1. The van der Waals surface area contributed by atoms with Crippen LogP contribution in [0, 0.1) is 5.82 Å². The van der Waals surface area contributed by atoms with Crippen molar-refractivity contribution in [1.82, 2.24) is 4.57 Å². The van der Waals surface area contributed by atoms with Crippen LogP contribution < -0.4 is 9.54 Å². The summed E-state index contributed by atoms with van der Waals surface area (Å²) in [6.07, 6.45) is 1.39. The van der Waals surface area contributed by atoms with Crippen LogP contribution in [-0.4, -0.2) is 31.8 Å². The number of carbonyl (C=O) groups is 1. The van der Waals surface area contributed by atoms with Crippen LogP contribution in [0.3, 0.4) is 0 Å². The number of hydrogen-bond donors (Lipinski definition) is 0. The zero-order chi connectivity index (χ0) is 21.0. The lowest BCUT2D eigenvalue weighted by Crippen LogP contribution is -2.17. The Hall–Kier alpha value is -2.78. The van der Waals surface area contributed by atoms with Crippen molar-refractivity contribution in [3.8, 4) is 5.75 Å². The van der Waals surface area contributed by atoms with Crippen LogP contribution in [0.25, 0.3) is 10.2 Å². The Balaban J connectivity index is 1.83. The lowest BCUT2D eigenvalue weighted by atomic mass is 10.3. The molecule has 9 heteroatoms. The molecule has 2 aromatic carbocycles. The number of rotatable bonds is 7. The van der Waals surface area contributed by atoms with Gasteiger partial charge in [0.05, 0.1) is 28.0 Å². The fraction of sp³-hybridized carbons (Fsp3) is 0.200. The van der Waals surface area contributed by atoms with Crippen molar-refractivity contribution in [3.63, 3.8) is 0 Å². The van der Waals surface area contributed by atoms with Gasteiger partial charge in [-0.3, -0.25) is 4.79 Å². The van der Waals surface area contributed by atoms with Gasteiger partial charge in [0.15, 0.2) is 14.6 Å². The van der Waals surface area contributed by atoms with Crippen molar-refractivity contribution in [2.24, 2.45) is 4.99 Å². The van der Waals surface area contributed by atoms with E-state index in [0.29, 0.717) is 21.8 Å². The number of fused-ring (bicyclic) bond motifs is 1. The van der Waals surface area contributed by atoms with E-state index in [1.54, 1.807) is 28.8 Å². The standard InChI is InChI=1S/C20H19FN2O4S2/c1-3-11-23-17-9-4-14(21)13-18(17)28-20(23)22-19(24)10-12-29(25,26)16-7-5-15(27-2)6-8-16/h3-9,13H,1,10-12H2,2H3. The average molecular weight is 435 g/mol. The number of halogens is 1. The summed E-state index contributed by atoms with van der Waals surface area (Å²) in [6, 6.07) is 10.3. The highest BCUT2D eigenvalue weighted by atomic mass is 32.2. The van der Waals surface area contributed by atoms with Gasteiger partial charge < -0.3 is 9.30 Å². The number of methoxy groups -OCH3 is 1. The van der Waals surface area contributed by atoms with E-state index in [9.17, 15) is 17.6 Å². The number of aromatic nitrogens is 1. The molecule has 0 fully saturated rings. The predicted molar refractivity (Wildman–Crippen MR) is 110 cm³/mol. The SMILES string of the molecule is C=CCn1c(=NC(=O)CCS(=O)(=O)c2ccc(OC)cc2)sc2cc(F)ccc21. The lowest BCUT2D eigenvalue weighted by molar-refractivity contribution is -0.117. The molecule has 6 nitrogen and oxygen atoms in total.